The molecule has 0 spiro atoms. The first kappa shape index (κ1) is 24.3. The predicted octanol–water partition coefficient (Wildman–Crippen LogP) is 6.07. The highest BCUT2D eigenvalue weighted by Crippen LogP contribution is 2.38. The maximum atomic E-state index is 13.0. The SMILES string of the molecule is COc1cccc(/C=C2\SC(=O)N(Cc3ccccc3[N+](=O)[O-])C2=O)c1OCc1cccc(Cl)c1. The molecule has 1 heterocycles. The van der Waals surface area contributed by atoms with Gasteiger partial charge in [0.15, 0.2) is 11.5 Å². The molecule has 1 aliphatic rings. The molecule has 8 nitrogen and oxygen atoms in total. The number of imide groups is 1. The fourth-order valence-corrected chi connectivity index (χ4v) is 4.56. The van der Waals surface area contributed by atoms with E-state index < -0.39 is 16.1 Å². The van der Waals surface area contributed by atoms with Crippen LogP contribution in [0.5, 0.6) is 11.5 Å². The average Bonchev–Trinajstić information content (AvgIpc) is 3.10. The van der Waals surface area contributed by atoms with Crippen LogP contribution >= 0.6 is 23.4 Å². The summed E-state index contributed by atoms with van der Waals surface area (Å²) in [6.45, 7) is 0.0102. The number of carbonyl (C=O) groups excluding carboxylic acids is 2. The summed E-state index contributed by atoms with van der Waals surface area (Å²) in [6, 6.07) is 18.5. The molecular formula is C25H19ClN2O6S. The van der Waals surface area contributed by atoms with Gasteiger partial charge >= 0.3 is 0 Å². The Balaban J connectivity index is 1.60. The monoisotopic (exact) mass is 510 g/mol. The summed E-state index contributed by atoms with van der Waals surface area (Å²) in [5.41, 5.74) is 1.51. The molecule has 3 aromatic carbocycles. The van der Waals surface area contributed by atoms with Crippen LogP contribution in [-0.4, -0.2) is 28.1 Å². The minimum absolute atomic E-state index is 0.153. The molecule has 0 N–H and O–H groups in total. The van der Waals surface area contributed by atoms with Gasteiger partial charge in [0, 0.05) is 22.2 Å². The lowest BCUT2D eigenvalue weighted by molar-refractivity contribution is -0.385. The number of nitrogens with zero attached hydrogens (tertiary/aromatic N) is 2. The topological polar surface area (TPSA) is 99.0 Å². The van der Waals surface area contributed by atoms with Crippen molar-refractivity contribution in [3.8, 4) is 11.5 Å². The first-order chi connectivity index (χ1) is 16.9. The summed E-state index contributed by atoms with van der Waals surface area (Å²) in [6.07, 6.45) is 1.56. The molecule has 1 fully saturated rings. The third-order valence-electron chi connectivity index (χ3n) is 5.18. The molecule has 178 valence electrons. The van der Waals surface area contributed by atoms with Crippen LogP contribution in [0.1, 0.15) is 16.7 Å². The number of halogens is 1. The Kier molecular flexibility index (Phi) is 7.38. The number of rotatable bonds is 8. The lowest BCUT2D eigenvalue weighted by atomic mass is 10.1. The summed E-state index contributed by atoms with van der Waals surface area (Å²) in [5, 5.41) is 11.4. The second kappa shape index (κ2) is 10.6. The predicted molar refractivity (Wildman–Crippen MR) is 133 cm³/mol. The summed E-state index contributed by atoms with van der Waals surface area (Å²) in [5.74, 6) is 0.321. The molecular weight excluding hydrogens is 492 g/mol. The Hall–Kier alpha value is -3.82. The quantitative estimate of drug-likeness (QED) is 0.206. The zero-order valence-corrected chi connectivity index (χ0v) is 20.0. The second-order valence-electron chi connectivity index (χ2n) is 7.45. The van der Waals surface area contributed by atoms with E-state index in [4.69, 9.17) is 21.1 Å². The van der Waals surface area contributed by atoms with Crippen LogP contribution in [0, 0.1) is 10.1 Å². The third kappa shape index (κ3) is 5.47. The van der Waals surface area contributed by atoms with Gasteiger partial charge in [0.2, 0.25) is 0 Å². The molecule has 1 saturated heterocycles. The van der Waals surface area contributed by atoms with Crippen LogP contribution in [0.3, 0.4) is 0 Å². The van der Waals surface area contributed by atoms with Gasteiger partial charge in [-0.2, -0.15) is 0 Å². The summed E-state index contributed by atoms with van der Waals surface area (Å²) >= 11 is 6.82. The molecule has 3 aromatic rings. The number of para-hydroxylation sites is 2. The molecule has 0 saturated carbocycles. The van der Waals surface area contributed by atoms with E-state index in [0.29, 0.717) is 22.1 Å². The van der Waals surface area contributed by atoms with E-state index in [-0.39, 0.29) is 29.3 Å². The van der Waals surface area contributed by atoms with Gasteiger partial charge in [-0.15, -0.1) is 0 Å². The van der Waals surface area contributed by atoms with Crippen LogP contribution in [0.15, 0.2) is 71.6 Å². The Bertz CT molecular complexity index is 1340. The van der Waals surface area contributed by atoms with Gasteiger partial charge in [-0.25, -0.2) is 0 Å². The summed E-state index contributed by atoms with van der Waals surface area (Å²) < 4.78 is 11.4. The Morgan fingerprint density at radius 2 is 1.86 bits per heavy atom. The lowest BCUT2D eigenvalue weighted by Gasteiger charge is -2.14. The minimum Gasteiger partial charge on any atom is -0.493 e. The number of methoxy groups -OCH3 is 1. The maximum Gasteiger partial charge on any atom is 0.293 e. The van der Waals surface area contributed by atoms with Crippen molar-refractivity contribution in [3.05, 3.63) is 103 Å². The van der Waals surface area contributed by atoms with Crippen molar-refractivity contribution in [2.45, 2.75) is 13.2 Å². The zero-order chi connectivity index (χ0) is 24.9. The molecule has 0 aromatic heterocycles. The molecule has 10 heteroatoms. The second-order valence-corrected chi connectivity index (χ2v) is 8.88. The highest BCUT2D eigenvalue weighted by atomic mass is 35.5. The first-order valence-corrected chi connectivity index (χ1v) is 11.6. The van der Waals surface area contributed by atoms with Gasteiger partial charge in [0.25, 0.3) is 16.8 Å². The van der Waals surface area contributed by atoms with E-state index in [9.17, 15) is 19.7 Å². The smallest absolute Gasteiger partial charge is 0.293 e. The van der Waals surface area contributed by atoms with Gasteiger partial charge in [-0.05, 0) is 41.6 Å². The van der Waals surface area contributed by atoms with Crippen LogP contribution in [0.2, 0.25) is 5.02 Å². The van der Waals surface area contributed by atoms with Gasteiger partial charge in [-0.3, -0.25) is 24.6 Å². The van der Waals surface area contributed by atoms with Crippen molar-refractivity contribution in [3.63, 3.8) is 0 Å². The molecule has 0 atom stereocenters. The van der Waals surface area contributed by atoms with Crippen molar-refractivity contribution in [2.24, 2.45) is 0 Å². The number of benzene rings is 3. The van der Waals surface area contributed by atoms with Crippen molar-refractivity contribution >= 4 is 46.3 Å². The summed E-state index contributed by atoms with van der Waals surface area (Å²) in [7, 11) is 1.51. The van der Waals surface area contributed by atoms with Crippen molar-refractivity contribution < 1.29 is 24.0 Å². The average molecular weight is 511 g/mol. The van der Waals surface area contributed by atoms with E-state index in [1.807, 2.05) is 12.1 Å². The number of thioether (sulfide) groups is 1. The lowest BCUT2D eigenvalue weighted by Crippen LogP contribution is -2.27. The third-order valence-corrected chi connectivity index (χ3v) is 6.32. The van der Waals surface area contributed by atoms with Gasteiger partial charge in [0.1, 0.15) is 6.61 Å². The van der Waals surface area contributed by atoms with Gasteiger partial charge < -0.3 is 9.47 Å². The molecule has 0 bridgehead atoms. The van der Waals surface area contributed by atoms with Crippen LogP contribution in [-0.2, 0) is 17.9 Å². The van der Waals surface area contributed by atoms with E-state index in [1.165, 1.54) is 25.3 Å². The number of amides is 2. The Morgan fingerprint density at radius 3 is 2.60 bits per heavy atom. The largest absolute Gasteiger partial charge is 0.493 e. The fraction of sp³-hybridized carbons (Fsp3) is 0.120. The first-order valence-electron chi connectivity index (χ1n) is 10.4. The highest BCUT2D eigenvalue weighted by molar-refractivity contribution is 8.18. The van der Waals surface area contributed by atoms with E-state index in [2.05, 4.69) is 0 Å². The van der Waals surface area contributed by atoms with Gasteiger partial charge in [-0.1, -0.05) is 54.1 Å². The number of carbonyl (C=O) groups is 2. The molecule has 2 amide bonds. The maximum absolute atomic E-state index is 13.0. The number of hydrogen-bond acceptors (Lipinski definition) is 7. The van der Waals surface area contributed by atoms with E-state index >= 15 is 0 Å². The molecule has 0 unspecified atom stereocenters. The number of hydrogen-bond donors (Lipinski definition) is 0. The van der Waals surface area contributed by atoms with E-state index in [0.717, 1.165) is 22.2 Å². The van der Waals surface area contributed by atoms with Crippen LogP contribution in [0.25, 0.3) is 6.08 Å². The van der Waals surface area contributed by atoms with Crippen molar-refractivity contribution in [2.75, 3.05) is 7.11 Å². The molecule has 4 rings (SSSR count). The van der Waals surface area contributed by atoms with E-state index in [1.54, 1.807) is 42.5 Å². The van der Waals surface area contributed by atoms with Crippen molar-refractivity contribution in [1.29, 1.82) is 0 Å². The number of nitro benzene ring substituents is 1. The molecule has 1 aliphatic heterocycles. The molecule has 35 heavy (non-hydrogen) atoms. The highest BCUT2D eigenvalue weighted by Gasteiger charge is 2.36. The molecule has 0 aliphatic carbocycles. The standard InChI is InChI=1S/C25H19ClN2O6S/c1-33-21-11-5-8-17(23(21)34-15-16-6-4-9-19(26)12-16)13-22-24(29)27(25(30)35-22)14-18-7-2-3-10-20(18)28(31)32/h2-13H,14-15H2,1H3/b22-13-. The van der Waals surface area contributed by atoms with Crippen LogP contribution < -0.4 is 9.47 Å². The summed E-state index contributed by atoms with van der Waals surface area (Å²) in [4.78, 5) is 37.6. The molecule has 0 radical (unpaired) electrons. The van der Waals surface area contributed by atoms with Gasteiger partial charge in [0.05, 0.1) is 23.5 Å². The van der Waals surface area contributed by atoms with Crippen LogP contribution in [0.4, 0.5) is 10.5 Å². The van der Waals surface area contributed by atoms with Crippen molar-refractivity contribution in [1.82, 2.24) is 4.90 Å². The fourth-order valence-electron chi connectivity index (χ4n) is 3.51. The minimum atomic E-state index is -0.540. The number of ether oxygens (including phenoxy) is 2. The Labute approximate surface area is 210 Å². The normalized spacial score (nSPS) is 14.5. The Morgan fingerprint density at radius 1 is 1.09 bits per heavy atom. The number of nitro groups is 1. The zero-order valence-electron chi connectivity index (χ0n) is 18.5.